The van der Waals surface area contributed by atoms with Gasteiger partial charge in [-0.1, -0.05) is 18.2 Å². The predicted octanol–water partition coefficient (Wildman–Crippen LogP) is 3.31. The maximum Gasteiger partial charge on any atom is 0.255 e. The first-order chi connectivity index (χ1) is 16.1. The zero-order valence-corrected chi connectivity index (χ0v) is 19.3. The molecule has 5 rings (SSSR count). The van der Waals surface area contributed by atoms with Crippen LogP contribution in [0.5, 0.6) is 0 Å². The molecule has 0 bridgehead atoms. The summed E-state index contributed by atoms with van der Waals surface area (Å²) in [5, 5.41) is 3.06. The molecule has 1 atom stereocenters. The van der Waals surface area contributed by atoms with Crippen molar-refractivity contribution in [1.82, 2.24) is 15.2 Å². The third-order valence-corrected chi connectivity index (χ3v) is 6.74. The topological polar surface area (TPSA) is 64.9 Å². The molecule has 1 fully saturated rings. The highest BCUT2D eigenvalue weighted by Gasteiger charge is 2.28. The monoisotopic (exact) mass is 445 g/mol. The molecule has 0 saturated carbocycles. The van der Waals surface area contributed by atoms with Gasteiger partial charge in [-0.2, -0.15) is 0 Å². The highest BCUT2D eigenvalue weighted by molar-refractivity contribution is 5.95. The molecule has 33 heavy (non-hydrogen) atoms. The van der Waals surface area contributed by atoms with Gasteiger partial charge in [0.05, 0.1) is 18.4 Å². The summed E-state index contributed by atoms with van der Waals surface area (Å²) < 4.78 is 5.75. The van der Waals surface area contributed by atoms with Crippen LogP contribution in [-0.2, 0) is 19.5 Å². The highest BCUT2D eigenvalue weighted by Crippen LogP contribution is 2.33. The number of likely N-dealkylation sites (N-methyl/N-ethyl adjacent to an activating group) is 1. The molecule has 3 aromatic rings. The van der Waals surface area contributed by atoms with Crippen LogP contribution < -0.4 is 15.1 Å². The average Bonchev–Trinajstić information content (AvgIpc) is 3.43. The van der Waals surface area contributed by atoms with Crippen molar-refractivity contribution in [3.63, 3.8) is 0 Å². The van der Waals surface area contributed by atoms with Crippen molar-refractivity contribution in [1.29, 1.82) is 0 Å². The Hall–Kier alpha value is -3.32. The van der Waals surface area contributed by atoms with Crippen molar-refractivity contribution in [2.75, 3.05) is 43.0 Å². The molecule has 1 aromatic carbocycles. The number of nitrogens with one attached hydrogen (secondary N) is 1. The van der Waals surface area contributed by atoms with Gasteiger partial charge in [-0.3, -0.25) is 4.79 Å². The van der Waals surface area contributed by atoms with Gasteiger partial charge in [-0.05, 0) is 55.8 Å². The zero-order valence-electron chi connectivity index (χ0n) is 19.3. The number of carbonyl (C=O) groups is 1. The van der Waals surface area contributed by atoms with Gasteiger partial charge in [-0.15, -0.1) is 0 Å². The summed E-state index contributed by atoms with van der Waals surface area (Å²) in [7, 11) is 2.14. The number of piperazine rings is 1. The van der Waals surface area contributed by atoms with E-state index in [1.807, 2.05) is 12.3 Å². The van der Waals surface area contributed by atoms with Gasteiger partial charge in [0, 0.05) is 50.6 Å². The van der Waals surface area contributed by atoms with Crippen LogP contribution in [0.4, 0.5) is 11.5 Å². The molecule has 2 aliphatic rings. The minimum atomic E-state index is -0.114. The van der Waals surface area contributed by atoms with Crippen LogP contribution >= 0.6 is 0 Å². The molecule has 4 heterocycles. The van der Waals surface area contributed by atoms with Crippen molar-refractivity contribution in [3.8, 4) is 0 Å². The molecule has 1 amide bonds. The van der Waals surface area contributed by atoms with Crippen LogP contribution in [0.15, 0.2) is 59.3 Å². The van der Waals surface area contributed by atoms with Gasteiger partial charge in [0.15, 0.2) is 0 Å². The molecule has 1 saturated heterocycles. The van der Waals surface area contributed by atoms with Crippen molar-refractivity contribution >= 4 is 17.4 Å². The Bertz CT molecular complexity index is 1120. The number of pyridine rings is 1. The Kier molecular flexibility index (Phi) is 6.05. The highest BCUT2D eigenvalue weighted by atomic mass is 16.3. The van der Waals surface area contributed by atoms with E-state index in [1.54, 1.807) is 12.3 Å². The molecule has 172 valence electrons. The maximum absolute atomic E-state index is 13.0. The Labute approximate surface area is 195 Å². The molecule has 2 aromatic heterocycles. The molecule has 7 nitrogen and oxygen atoms in total. The molecular weight excluding hydrogens is 414 g/mol. The maximum atomic E-state index is 13.0. The summed E-state index contributed by atoms with van der Waals surface area (Å²) in [6.45, 7) is 7.25. The van der Waals surface area contributed by atoms with Crippen LogP contribution in [0.3, 0.4) is 0 Å². The predicted molar refractivity (Wildman–Crippen MR) is 130 cm³/mol. The van der Waals surface area contributed by atoms with E-state index in [-0.39, 0.29) is 5.91 Å². The Morgan fingerprint density at radius 2 is 1.97 bits per heavy atom. The SMILES string of the molecule is CC1Cc2ccccc2N1Cc1occc1C(=O)NCc1ccnc(N2CCN(C)CC2)c1. The van der Waals surface area contributed by atoms with Crippen molar-refractivity contribution in [2.45, 2.75) is 32.5 Å². The lowest BCUT2D eigenvalue weighted by atomic mass is 10.1. The number of para-hydroxylation sites is 1. The van der Waals surface area contributed by atoms with E-state index in [0.717, 1.165) is 44.0 Å². The van der Waals surface area contributed by atoms with E-state index >= 15 is 0 Å². The lowest BCUT2D eigenvalue weighted by Gasteiger charge is -2.33. The number of hydrogen-bond acceptors (Lipinski definition) is 6. The van der Waals surface area contributed by atoms with E-state index in [4.69, 9.17) is 4.42 Å². The summed E-state index contributed by atoms with van der Waals surface area (Å²) >= 11 is 0. The number of furan rings is 1. The van der Waals surface area contributed by atoms with Crippen molar-refractivity contribution in [2.24, 2.45) is 0 Å². The fraction of sp³-hybridized carbons (Fsp3) is 0.385. The largest absolute Gasteiger partial charge is 0.467 e. The van der Waals surface area contributed by atoms with Crippen LogP contribution in [0.25, 0.3) is 0 Å². The minimum absolute atomic E-state index is 0.114. The number of anilines is 2. The van der Waals surface area contributed by atoms with Crippen LogP contribution in [0, 0.1) is 0 Å². The standard InChI is InChI=1S/C26H31N5O2/c1-19-15-21-5-3-4-6-23(21)31(19)18-24-22(8-14-33-24)26(32)28-17-20-7-9-27-25(16-20)30-12-10-29(2)11-13-30/h3-9,14,16,19H,10-13,15,17-18H2,1-2H3,(H,28,32). The van der Waals surface area contributed by atoms with Crippen LogP contribution in [0.1, 0.15) is 34.2 Å². The summed E-state index contributed by atoms with van der Waals surface area (Å²) in [5.41, 5.74) is 4.21. The fourth-order valence-electron chi connectivity index (χ4n) is 4.75. The number of carbonyl (C=O) groups excluding carboxylic acids is 1. The number of fused-ring (bicyclic) bond motifs is 1. The Morgan fingerprint density at radius 3 is 2.82 bits per heavy atom. The molecule has 0 aliphatic carbocycles. The lowest BCUT2D eigenvalue weighted by molar-refractivity contribution is 0.0949. The van der Waals surface area contributed by atoms with E-state index in [0.29, 0.717) is 30.5 Å². The number of rotatable bonds is 6. The van der Waals surface area contributed by atoms with Crippen molar-refractivity contribution < 1.29 is 9.21 Å². The summed E-state index contributed by atoms with van der Waals surface area (Å²) in [5.74, 6) is 1.56. The van der Waals surface area contributed by atoms with Gasteiger partial charge < -0.3 is 24.4 Å². The minimum Gasteiger partial charge on any atom is -0.467 e. The average molecular weight is 446 g/mol. The molecule has 2 aliphatic heterocycles. The normalized spacial score (nSPS) is 18.4. The van der Waals surface area contributed by atoms with Crippen LogP contribution in [0.2, 0.25) is 0 Å². The second kappa shape index (κ2) is 9.27. The number of benzene rings is 1. The van der Waals surface area contributed by atoms with E-state index in [1.165, 1.54) is 11.3 Å². The number of hydrogen-bond donors (Lipinski definition) is 1. The van der Waals surface area contributed by atoms with E-state index < -0.39 is 0 Å². The second-order valence-electron chi connectivity index (χ2n) is 9.06. The molecule has 0 spiro atoms. The summed E-state index contributed by atoms with van der Waals surface area (Å²) in [6, 6.07) is 14.6. The number of amides is 1. The number of nitrogens with zero attached hydrogens (tertiary/aromatic N) is 4. The van der Waals surface area contributed by atoms with Gasteiger partial charge in [0.1, 0.15) is 11.6 Å². The molecule has 0 radical (unpaired) electrons. The van der Waals surface area contributed by atoms with Gasteiger partial charge in [0.2, 0.25) is 0 Å². The Morgan fingerprint density at radius 1 is 1.15 bits per heavy atom. The first kappa shape index (κ1) is 21.5. The van der Waals surface area contributed by atoms with Crippen LogP contribution in [-0.4, -0.2) is 55.1 Å². The van der Waals surface area contributed by atoms with Gasteiger partial charge >= 0.3 is 0 Å². The van der Waals surface area contributed by atoms with E-state index in [2.05, 4.69) is 69.3 Å². The van der Waals surface area contributed by atoms with E-state index in [9.17, 15) is 4.79 Å². The van der Waals surface area contributed by atoms with Gasteiger partial charge in [-0.25, -0.2) is 4.98 Å². The first-order valence-electron chi connectivity index (χ1n) is 11.7. The molecule has 1 N–H and O–H groups in total. The van der Waals surface area contributed by atoms with Crippen molar-refractivity contribution in [3.05, 3.63) is 77.4 Å². The third-order valence-electron chi connectivity index (χ3n) is 6.74. The molecule has 7 heteroatoms. The second-order valence-corrected chi connectivity index (χ2v) is 9.06. The Balaban J connectivity index is 1.23. The van der Waals surface area contributed by atoms with Gasteiger partial charge in [0.25, 0.3) is 5.91 Å². The zero-order chi connectivity index (χ0) is 22.8. The number of aromatic nitrogens is 1. The smallest absolute Gasteiger partial charge is 0.255 e. The quantitative estimate of drug-likeness (QED) is 0.628. The summed E-state index contributed by atoms with van der Waals surface area (Å²) in [6.07, 6.45) is 4.44. The molecule has 1 unspecified atom stereocenters. The third kappa shape index (κ3) is 4.59. The fourth-order valence-corrected chi connectivity index (χ4v) is 4.75. The summed E-state index contributed by atoms with van der Waals surface area (Å²) in [4.78, 5) is 24.5. The first-order valence-corrected chi connectivity index (χ1v) is 11.7. The lowest BCUT2D eigenvalue weighted by Crippen LogP contribution is -2.44. The molecular formula is C26H31N5O2.